The number of rotatable bonds is 5. The Morgan fingerprint density at radius 3 is 2.88 bits per heavy atom. The summed E-state index contributed by atoms with van der Waals surface area (Å²) < 4.78 is 1.36. The Kier molecular flexibility index (Phi) is 3.93. The van der Waals surface area contributed by atoms with Crippen molar-refractivity contribution < 1.29 is 10.0 Å². The number of aliphatic hydroxyl groups is 1. The van der Waals surface area contributed by atoms with Gasteiger partial charge in [0.2, 0.25) is 0 Å². The SMILES string of the molecule is CC[NH+](CCO)Cc1csc2ccccc12. The minimum Gasteiger partial charge on any atom is -0.391 e. The van der Waals surface area contributed by atoms with Gasteiger partial charge in [0.1, 0.15) is 13.1 Å². The number of hydrogen-bond acceptors (Lipinski definition) is 2. The lowest BCUT2D eigenvalue weighted by Crippen LogP contribution is -3.10. The van der Waals surface area contributed by atoms with Crippen LogP contribution >= 0.6 is 11.3 Å². The summed E-state index contributed by atoms with van der Waals surface area (Å²) in [4.78, 5) is 1.44. The zero-order chi connectivity index (χ0) is 11.4. The molecule has 1 atom stereocenters. The first kappa shape index (κ1) is 11.6. The first-order chi connectivity index (χ1) is 7.85. The molecule has 0 bridgehead atoms. The molecule has 16 heavy (non-hydrogen) atoms. The van der Waals surface area contributed by atoms with Gasteiger partial charge in [-0.2, -0.15) is 0 Å². The zero-order valence-electron chi connectivity index (χ0n) is 9.57. The summed E-state index contributed by atoms with van der Waals surface area (Å²) in [7, 11) is 0. The largest absolute Gasteiger partial charge is 0.391 e. The minimum atomic E-state index is 0.269. The fourth-order valence-corrected chi connectivity index (χ4v) is 2.95. The molecule has 0 aliphatic carbocycles. The van der Waals surface area contributed by atoms with Gasteiger partial charge in [-0.1, -0.05) is 18.2 Å². The Morgan fingerprint density at radius 1 is 1.31 bits per heavy atom. The van der Waals surface area contributed by atoms with Crippen molar-refractivity contribution in [3.8, 4) is 0 Å². The predicted molar refractivity (Wildman–Crippen MR) is 69.0 cm³/mol. The third-order valence-electron chi connectivity index (χ3n) is 2.97. The van der Waals surface area contributed by atoms with E-state index in [4.69, 9.17) is 5.11 Å². The summed E-state index contributed by atoms with van der Waals surface area (Å²) >= 11 is 1.81. The highest BCUT2D eigenvalue weighted by Gasteiger charge is 2.10. The fraction of sp³-hybridized carbons (Fsp3) is 0.385. The zero-order valence-corrected chi connectivity index (χ0v) is 10.4. The summed E-state index contributed by atoms with van der Waals surface area (Å²) in [5.41, 5.74) is 1.41. The molecule has 1 heterocycles. The van der Waals surface area contributed by atoms with Gasteiger partial charge in [-0.3, -0.25) is 0 Å². The number of hydrogen-bond donors (Lipinski definition) is 2. The quantitative estimate of drug-likeness (QED) is 0.803. The van der Waals surface area contributed by atoms with Crippen LogP contribution in [0.25, 0.3) is 10.1 Å². The molecule has 0 aliphatic rings. The smallest absolute Gasteiger partial charge is 0.104 e. The van der Waals surface area contributed by atoms with Crippen LogP contribution in [0.5, 0.6) is 0 Å². The first-order valence-electron chi connectivity index (χ1n) is 5.74. The van der Waals surface area contributed by atoms with Crippen LogP contribution in [-0.4, -0.2) is 24.8 Å². The van der Waals surface area contributed by atoms with Crippen LogP contribution in [0.2, 0.25) is 0 Å². The van der Waals surface area contributed by atoms with E-state index in [0.717, 1.165) is 19.6 Å². The molecule has 1 unspecified atom stereocenters. The average Bonchev–Trinajstić information content (AvgIpc) is 2.72. The Morgan fingerprint density at radius 2 is 2.12 bits per heavy atom. The maximum atomic E-state index is 8.99. The maximum absolute atomic E-state index is 8.99. The van der Waals surface area contributed by atoms with Crippen LogP contribution < -0.4 is 4.90 Å². The number of thiophene rings is 1. The van der Waals surface area contributed by atoms with Crippen molar-refractivity contribution >= 4 is 21.4 Å². The van der Waals surface area contributed by atoms with Gasteiger partial charge in [-0.05, 0) is 13.0 Å². The monoisotopic (exact) mass is 236 g/mol. The van der Waals surface area contributed by atoms with E-state index in [9.17, 15) is 0 Å². The summed E-state index contributed by atoms with van der Waals surface area (Å²) in [6, 6.07) is 8.53. The number of fused-ring (bicyclic) bond motifs is 1. The number of aliphatic hydroxyl groups excluding tert-OH is 1. The summed E-state index contributed by atoms with van der Waals surface area (Å²) in [6.45, 7) is 5.34. The number of likely N-dealkylation sites (N-methyl/N-ethyl adjacent to an activating group) is 1. The molecule has 0 radical (unpaired) electrons. The molecule has 2 nitrogen and oxygen atoms in total. The number of quaternary nitrogens is 1. The van der Waals surface area contributed by atoms with Crippen LogP contribution in [0.4, 0.5) is 0 Å². The van der Waals surface area contributed by atoms with E-state index in [2.05, 4.69) is 36.6 Å². The van der Waals surface area contributed by atoms with Gasteiger partial charge in [-0.25, -0.2) is 0 Å². The van der Waals surface area contributed by atoms with Crippen LogP contribution in [-0.2, 0) is 6.54 Å². The van der Waals surface area contributed by atoms with Gasteiger partial charge < -0.3 is 10.0 Å². The molecule has 1 aromatic carbocycles. The van der Waals surface area contributed by atoms with Crippen molar-refractivity contribution in [2.24, 2.45) is 0 Å². The van der Waals surface area contributed by atoms with Crippen molar-refractivity contribution in [3.63, 3.8) is 0 Å². The maximum Gasteiger partial charge on any atom is 0.104 e. The van der Waals surface area contributed by atoms with E-state index in [1.165, 1.54) is 20.5 Å². The Labute approximate surface area is 100 Å². The van der Waals surface area contributed by atoms with Crippen LogP contribution in [0.1, 0.15) is 12.5 Å². The second-order valence-electron chi connectivity index (χ2n) is 4.01. The molecule has 86 valence electrons. The lowest BCUT2D eigenvalue weighted by Gasteiger charge is -2.15. The van der Waals surface area contributed by atoms with Gasteiger partial charge >= 0.3 is 0 Å². The highest BCUT2D eigenvalue weighted by Crippen LogP contribution is 2.24. The third-order valence-corrected chi connectivity index (χ3v) is 3.98. The van der Waals surface area contributed by atoms with Crippen molar-refractivity contribution in [2.75, 3.05) is 19.7 Å². The van der Waals surface area contributed by atoms with Gasteiger partial charge in [0.25, 0.3) is 0 Å². The highest BCUT2D eigenvalue weighted by molar-refractivity contribution is 7.17. The van der Waals surface area contributed by atoms with E-state index < -0.39 is 0 Å². The third kappa shape index (κ3) is 2.43. The molecule has 0 saturated carbocycles. The van der Waals surface area contributed by atoms with Crippen molar-refractivity contribution in [2.45, 2.75) is 13.5 Å². The summed E-state index contributed by atoms with van der Waals surface area (Å²) in [6.07, 6.45) is 0. The number of benzene rings is 1. The van der Waals surface area contributed by atoms with E-state index in [0.29, 0.717) is 0 Å². The molecule has 0 amide bonds. The predicted octanol–water partition coefficient (Wildman–Crippen LogP) is 1.30. The molecule has 2 N–H and O–H groups in total. The highest BCUT2D eigenvalue weighted by atomic mass is 32.1. The average molecular weight is 236 g/mol. The molecule has 0 fully saturated rings. The molecule has 1 aromatic heterocycles. The Balaban J connectivity index is 2.20. The Hall–Kier alpha value is -0.900. The van der Waals surface area contributed by atoms with E-state index >= 15 is 0 Å². The normalized spacial score (nSPS) is 13.1. The molecular weight excluding hydrogens is 218 g/mol. The van der Waals surface area contributed by atoms with Gasteiger partial charge in [-0.15, -0.1) is 11.3 Å². The van der Waals surface area contributed by atoms with Gasteiger partial charge in [0.05, 0.1) is 13.2 Å². The molecule has 0 spiro atoms. The van der Waals surface area contributed by atoms with Crippen LogP contribution in [0.3, 0.4) is 0 Å². The van der Waals surface area contributed by atoms with Crippen molar-refractivity contribution in [1.29, 1.82) is 0 Å². The van der Waals surface area contributed by atoms with Crippen LogP contribution in [0.15, 0.2) is 29.6 Å². The van der Waals surface area contributed by atoms with E-state index in [1.54, 1.807) is 0 Å². The fourth-order valence-electron chi connectivity index (χ4n) is 1.99. The lowest BCUT2D eigenvalue weighted by molar-refractivity contribution is -0.912. The van der Waals surface area contributed by atoms with Crippen LogP contribution in [0, 0.1) is 0 Å². The molecule has 3 heteroatoms. The first-order valence-corrected chi connectivity index (χ1v) is 6.62. The van der Waals surface area contributed by atoms with Gasteiger partial charge in [0.15, 0.2) is 0 Å². The lowest BCUT2D eigenvalue weighted by atomic mass is 10.1. The second kappa shape index (κ2) is 5.43. The van der Waals surface area contributed by atoms with Crippen molar-refractivity contribution in [3.05, 3.63) is 35.2 Å². The van der Waals surface area contributed by atoms with Crippen molar-refractivity contribution in [1.82, 2.24) is 0 Å². The summed E-state index contributed by atoms with van der Waals surface area (Å²) in [5.74, 6) is 0. The molecule has 0 aliphatic heterocycles. The minimum absolute atomic E-state index is 0.269. The molecular formula is C13H18NOS+. The van der Waals surface area contributed by atoms with Gasteiger partial charge in [0, 0.05) is 21.0 Å². The molecule has 2 aromatic rings. The number of nitrogens with one attached hydrogen (secondary N) is 1. The molecule has 0 saturated heterocycles. The van der Waals surface area contributed by atoms with E-state index in [-0.39, 0.29) is 6.61 Å². The topological polar surface area (TPSA) is 24.7 Å². The Bertz CT molecular complexity index is 452. The summed E-state index contributed by atoms with van der Waals surface area (Å²) in [5, 5.41) is 12.6. The standard InChI is InChI=1S/C13H17NOS/c1-2-14(7-8-15)9-11-10-16-13-6-4-3-5-12(11)13/h3-6,10,15H,2,7-9H2,1H3/p+1. The molecule has 2 rings (SSSR count). The van der Waals surface area contributed by atoms with E-state index in [1.807, 2.05) is 11.3 Å². The second-order valence-corrected chi connectivity index (χ2v) is 4.92.